The molecule has 2 aromatic heterocycles. The summed E-state index contributed by atoms with van der Waals surface area (Å²) < 4.78 is 34.0. The quantitative estimate of drug-likeness (QED) is 0.437. The van der Waals surface area contributed by atoms with Crippen LogP contribution in [0.5, 0.6) is 5.75 Å². The van der Waals surface area contributed by atoms with Gasteiger partial charge >= 0.3 is 12.1 Å². The molecule has 8 heteroatoms. The maximum absolute atomic E-state index is 10.6. The van der Waals surface area contributed by atoms with Crippen LogP contribution in [0.25, 0.3) is 21.8 Å². The molecular formula is C21H18F3N2O3+. The van der Waals surface area contributed by atoms with E-state index in [-0.39, 0.29) is 5.75 Å². The lowest BCUT2D eigenvalue weighted by Crippen LogP contribution is -2.37. The lowest BCUT2D eigenvalue weighted by atomic mass is 10.1. The number of aromatic hydroxyl groups is 1. The summed E-state index contributed by atoms with van der Waals surface area (Å²) in [7, 11) is 0. The average Bonchev–Trinajstić information content (AvgIpc) is 3.03. The van der Waals surface area contributed by atoms with Gasteiger partial charge in [-0.05, 0) is 12.1 Å². The Morgan fingerprint density at radius 2 is 1.72 bits per heavy atom. The second-order valence-corrected chi connectivity index (χ2v) is 6.46. The maximum atomic E-state index is 10.6. The van der Waals surface area contributed by atoms with Gasteiger partial charge in [0, 0.05) is 35.4 Å². The van der Waals surface area contributed by atoms with Crippen molar-refractivity contribution in [1.82, 2.24) is 4.98 Å². The van der Waals surface area contributed by atoms with E-state index in [0.717, 1.165) is 23.0 Å². The molecule has 0 fully saturated rings. The summed E-state index contributed by atoms with van der Waals surface area (Å²) in [6.45, 7) is 2.98. The number of phenolic OH excluding ortho intramolecular Hbond substituents is 1. The molecule has 0 saturated heterocycles. The number of rotatable bonds is 2. The number of fused-ring (bicyclic) bond motifs is 3. The Morgan fingerprint density at radius 3 is 2.34 bits per heavy atom. The molecule has 2 heterocycles. The number of aliphatic carboxylic acids is 1. The smallest absolute Gasteiger partial charge is 0.490 e. The van der Waals surface area contributed by atoms with Crippen LogP contribution in [0, 0.1) is 6.92 Å². The van der Waals surface area contributed by atoms with Gasteiger partial charge in [0.15, 0.2) is 12.7 Å². The number of phenols is 1. The predicted molar refractivity (Wildman–Crippen MR) is 102 cm³/mol. The van der Waals surface area contributed by atoms with E-state index in [9.17, 15) is 18.3 Å². The number of alkyl halides is 3. The molecule has 3 N–H and O–H groups in total. The monoisotopic (exact) mass is 403 g/mol. The molecule has 5 nitrogen and oxygen atoms in total. The number of pyridine rings is 1. The van der Waals surface area contributed by atoms with Crippen molar-refractivity contribution in [2.24, 2.45) is 0 Å². The number of carboxylic acid groups (broad SMARTS) is 1. The zero-order valence-corrected chi connectivity index (χ0v) is 15.4. The van der Waals surface area contributed by atoms with E-state index in [4.69, 9.17) is 9.90 Å². The van der Waals surface area contributed by atoms with Crippen molar-refractivity contribution in [3.05, 3.63) is 72.1 Å². The fourth-order valence-electron chi connectivity index (χ4n) is 3.04. The van der Waals surface area contributed by atoms with Crippen molar-refractivity contribution in [3.8, 4) is 5.75 Å². The highest BCUT2D eigenvalue weighted by atomic mass is 19.4. The third-order valence-corrected chi connectivity index (χ3v) is 4.47. The van der Waals surface area contributed by atoms with Gasteiger partial charge < -0.3 is 15.2 Å². The molecule has 0 unspecified atom stereocenters. The van der Waals surface area contributed by atoms with Crippen molar-refractivity contribution in [2.75, 3.05) is 0 Å². The number of halogens is 3. The second kappa shape index (κ2) is 7.83. The summed E-state index contributed by atoms with van der Waals surface area (Å²) >= 11 is 0. The van der Waals surface area contributed by atoms with E-state index in [1.54, 1.807) is 12.1 Å². The third-order valence-electron chi connectivity index (χ3n) is 4.47. The minimum atomic E-state index is -5.08. The van der Waals surface area contributed by atoms with E-state index < -0.39 is 12.1 Å². The Kier molecular flexibility index (Phi) is 5.45. The number of aromatic amines is 1. The van der Waals surface area contributed by atoms with Gasteiger partial charge in [0.2, 0.25) is 5.69 Å². The molecule has 0 aliphatic rings. The van der Waals surface area contributed by atoms with Crippen LogP contribution in [0.15, 0.2) is 60.8 Å². The van der Waals surface area contributed by atoms with Crippen LogP contribution in [0.2, 0.25) is 0 Å². The average molecular weight is 403 g/mol. The third kappa shape index (κ3) is 4.48. The van der Waals surface area contributed by atoms with Crippen LogP contribution in [-0.4, -0.2) is 27.3 Å². The lowest BCUT2D eigenvalue weighted by molar-refractivity contribution is -0.693. The Labute approximate surface area is 163 Å². The molecule has 4 rings (SSSR count). The molecule has 0 amide bonds. The number of carbonyl (C=O) groups is 1. The summed E-state index contributed by atoms with van der Waals surface area (Å²) in [5.41, 5.74) is 4.57. The van der Waals surface area contributed by atoms with E-state index in [0.29, 0.717) is 0 Å². The van der Waals surface area contributed by atoms with Crippen molar-refractivity contribution in [1.29, 1.82) is 0 Å². The van der Waals surface area contributed by atoms with Crippen molar-refractivity contribution < 1.29 is 32.7 Å². The molecule has 150 valence electrons. The first-order chi connectivity index (χ1) is 13.7. The van der Waals surface area contributed by atoms with Gasteiger partial charge in [-0.3, -0.25) is 0 Å². The van der Waals surface area contributed by atoms with Crippen LogP contribution in [0.3, 0.4) is 0 Å². The summed E-state index contributed by atoms with van der Waals surface area (Å²) in [6, 6.07) is 18.1. The highest BCUT2D eigenvalue weighted by Gasteiger charge is 2.38. The molecule has 2 aromatic carbocycles. The first-order valence-electron chi connectivity index (χ1n) is 8.64. The first kappa shape index (κ1) is 20.2. The number of nitrogens with zero attached hydrogens (tertiary/aromatic N) is 1. The topological polar surface area (TPSA) is 77.2 Å². The lowest BCUT2D eigenvalue weighted by Gasteiger charge is -2.02. The molecule has 0 radical (unpaired) electrons. The van der Waals surface area contributed by atoms with Gasteiger partial charge in [0.25, 0.3) is 0 Å². The zero-order chi connectivity index (χ0) is 21.2. The molecular weight excluding hydrogens is 385 g/mol. The van der Waals surface area contributed by atoms with E-state index in [1.807, 2.05) is 12.1 Å². The van der Waals surface area contributed by atoms with Crippen molar-refractivity contribution >= 4 is 27.8 Å². The number of carboxylic acids is 1. The van der Waals surface area contributed by atoms with Crippen LogP contribution in [-0.2, 0) is 11.3 Å². The van der Waals surface area contributed by atoms with Crippen LogP contribution in [0.4, 0.5) is 13.2 Å². The van der Waals surface area contributed by atoms with Gasteiger partial charge in [-0.15, -0.1) is 0 Å². The predicted octanol–water partition coefficient (Wildman–Crippen LogP) is 4.30. The number of hydrogen-bond acceptors (Lipinski definition) is 2. The van der Waals surface area contributed by atoms with Gasteiger partial charge in [0.1, 0.15) is 11.3 Å². The van der Waals surface area contributed by atoms with Gasteiger partial charge in [-0.25, -0.2) is 4.79 Å². The van der Waals surface area contributed by atoms with E-state index >= 15 is 0 Å². The van der Waals surface area contributed by atoms with Crippen LogP contribution in [0.1, 0.15) is 11.3 Å². The SMILES string of the molecule is Cc1c2[nH]c3cc(O)ccc3c2cc[n+]1Cc1ccccc1.O=C(O)C(F)(F)F. The molecule has 0 aliphatic heterocycles. The summed E-state index contributed by atoms with van der Waals surface area (Å²) in [5.74, 6) is -2.47. The van der Waals surface area contributed by atoms with Crippen molar-refractivity contribution in [3.63, 3.8) is 0 Å². The maximum Gasteiger partial charge on any atom is 0.490 e. The minimum Gasteiger partial charge on any atom is -0.508 e. The van der Waals surface area contributed by atoms with E-state index in [1.165, 1.54) is 16.6 Å². The second-order valence-electron chi connectivity index (χ2n) is 6.46. The van der Waals surface area contributed by atoms with Gasteiger partial charge in [-0.2, -0.15) is 17.7 Å². The highest BCUT2D eigenvalue weighted by molar-refractivity contribution is 6.07. The number of hydrogen-bond donors (Lipinski definition) is 3. The molecule has 0 atom stereocenters. The van der Waals surface area contributed by atoms with E-state index in [2.05, 4.69) is 53.0 Å². The molecule has 4 aromatic rings. The Bertz CT molecular complexity index is 1170. The highest BCUT2D eigenvalue weighted by Crippen LogP contribution is 2.28. The number of aromatic nitrogens is 2. The standard InChI is InChI=1S/C19H16N2O.C2HF3O2/c1-13-19-17(16-8-7-15(22)11-18(16)20-19)9-10-21(13)12-14-5-3-2-4-6-14;3-2(4,5)1(6)7/h2-11H,12H2,1H3,(H,20,22);(H,6,7)/p+1. The zero-order valence-electron chi connectivity index (χ0n) is 15.4. The summed E-state index contributed by atoms with van der Waals surface area (Å²) in [5, 5.41) is 19.1. The van der Waals surface area contributed by atoms with Gasteiger partial charge in [-0.1, -0.05) is 30.3 Å². The Hall–Kier alpha value is -3.55. The summed E-state index contributed by atoms with van der Waals surface area (Å²) in [6.07, 6.45) is -2.95. The minimum absolute atomic E-state index is 0.286. The largest absolute Gasteiger partial charge is 0.508 e. The molecule has 0 spiro atoms. The number of aryl methyl sites for hydroxylation is 1. The van der Waals surface area contributed by atoms with Crippen molar-refractivity contribution in [2.45, 2.75) is 19.6 Å². The Balaban J connectivity index is 0.000000298. The number of nitrogens with one attached hydrogen (secondary N) is 1. The molecule has 0 aliphatic carbocycles. The molecule has 29 heavy (non-hydrogen) atoms. The number of H-pyrrole nitrogens is 1. The molecule has 0 saturated carbocycles. The molecule has 0 bridgehead atoms. The van der Waals surface area contributed by atoms with Gasteiger partial charge in [0.05, 0.1) is 5.52 Å². The van der Waals surface area contributed by atoms with Crippen LogP contribution >= 0.6 is 0 Å². The first-order valence-corrected chi connectivity index (χ1v) is 8.64. The number of benzene rings is 2. The fourth-order valence-corrected chi connectivity index (χ4v) is 3.04. The summed E-state index contributed by atoms with van der Waals surface area (Å²) in [4.78, 5) is 12.3. The normalized spacial score (nSPS) is 11.3. The Morgan fingerprint density at radius 1 is 1.07 bits per heavy atom. The fraction of sp³-hybridized carbons (Fsp3) is 0.143. The van der Waals surface area contributed by atoms with Crippen LogP contribution < -0.4 is 4.57 Å².